The lowest BCUT2D eigenvalue weighted by Crippen LogP contribution is -2.27. The van der Waals surface area contributed by atoms with Gasteiger partial charge >= 0.3 is 5.97 Å². The number of hydrogen-bond donors (Lipinski definition) is 2. The van der Waals surface area contributed by atoms with Crippen LogP contribution in [-0.4, -0.2) is 27.1 Å². The number of nitrogens with zero attached hydrogens (tertiary/aromatic N) is 2. The maximum Gasteiger partial charge on any atom is 0.346 e. The van der Waals surface area contributed by atoms with Gasteiger partial charge in [0.25, 0.3) is 0 Å². The average molecular weight is 263 g/mol. The highest BCUT2D eigenvalue weighted by Crippen LogP contribution is 2.34. The molecule has 5 nitrogen and oxygen atoms in total. The molecule has 1 aliphatic carbocycles. The molecule has 0 aliphatic heterocycles. The molecule has 1 aliphatic rings. The van der Waals surface area contributed by atoms with Crippen LogP contribution in [-0.2, 0) is 0 Å². The van der Waals surface area contributed by atoms with Crippen molar-refractivity contribution in [2.45, 2.75) is 32.2 Å². The number of thiophene rings is 1. The maximum atomic E-state index is 11.1. The van der Waals surface area contributed by atoms with Crippen molar-refractivity contribution in [2.24, 2.45) is 0 Å². The molecule has 0 aromatic carbocycles. The molecule has 1 fully saturated rings. The maximum absolute atomic E-state index is 11.1. The van der Waals surface area contributed by atoms with E-state index in [0.29, 0.717) is 10.9 Å². The van der Waals surface area contributed by atoms with E-state index in [1.165, 1.54) is 24.1 Å². The zero-order valence-electron chi connectivity index (χ0n) is 9.93. The summed E-state index contributed by atoms with van der Waals surface area (Å²) in [4.78, 5) is 20.6. The SMILES string of the molecule is Cc1c(C(=O)O)sc2ncnc(NC3CCC3)c12. The van der Waals surface area contributed by atoms with Gasteiger partial charge in [0.15, 0.2) is 0 Å². The highest BCUT2D eigenvalue weighted by molar-refractivity contribution is 7.20. The largest absolute Gasteiger partial charge is 0.477 e. The molecular weight excluding hydrogens is 250 g/mol. The fraction of sp³-hybridized carbons (Fsp3) is 0.417. The van der Waals surface area contributed by atoms with E-state index in [1.54, 1.807) is 0 Å². The Morgan fingerprint density at radius 3 is 2.89 bits per heavy atom. The number of rotatable bonds is 3. The minimum absolute atomic E-state index is 0.349. The molecule has 18 heavy (non-hydrogen) atoms. The fourth-order valence-corrected chi connectivity index (χ4v) is 3.12. The van der Waals surface area contributed by atoms with Gasteiger partial charge in [-0.25, -0.2) is 14.8 Å². The van der Waals surface area contributed by atoms with Crippen LogP contribution in [0.5, 0.6) is 0 Å². The van der Waals surface area contributed by atoms with Gasteiger partial charge in [-0.05, 0) is 31.7 Å². The number of carboxylic acid groups (broad SMARTS) is 1. The molecule has 0 unspecified atom stereocenters. The van der Waals surface area contributed by atoms with Crippen LogP contribution < -0.4 is 5.32 Å². The number of aromatic nitrogens is 2. The Balaban J connectivity index is 2.10. The van der Waals surface area contributed by atoms with Crippen LogP contribution in [0, 0.1) is 6.92 Å². The number of carboxylic acids is 1. The first-order valence-electron chi connectivity index (χ1n) is 5.90. The van der Waals surface area contributed by atoms with Gasteiger partial charge in [0.05, 0.1) is 5.39 Å². The number of hydrogen-bond acceptors (Lipinski definition) is 5. The number of aryl methyl sites for hydroxylation is 1. The van der Waals surface area contributed by atoms with Crippen molar-refractivity contribution in [1.82, 2.24) is 9.97 Å². The third kappa shape index (κ3) is 1.73. The third-order valence-corrected chi connectivity index (χ3v) is 4.55. The lowest BCUT2D eigenvalue weighted by atomic mass is 9.93. The van der Waals surface area contributed by atoms with Gasteiger partial charge in [0, 0.05) is 6.04 Å². The molecule has 94 valence electrons. The van der Waals surface area contributed by atoms with E-state index < -0.39 is 5.97 Å². The van der Waals surface area contributed by atoms with Gasteiger partial charge in [-0.3, -0.25) is 0 Å². The normalized spacial score (nSPS) is 15.6. The number of fused-ring (bicyclic) bond motifs is 1. The Morgan fingerprint density at radius 2 is 2.28 bits per heavy atom. The van der Waals surface area contributed by atoms with Gasteiger partial charge < -0.3 is 10.4 Å². The zero-order chi connectivity index (χ0) is 12.7. The van der Waals surface area contributed by atoms with E-state index >= 15 is 0 Å². The first kappa shape index (κ1) is 11.4. The van der Waals surface area contributed by atoms with Crippen molar-refractivity contribution in [2.75, 3.05) is 5.32 Å². The minimum Gasteiger partial charge on any atom is -0.477 e. The molecular formula is C12H13N3O2S. The monoisotopic (exact) mass is 263 g/mol. The summed E-state index contributed by atoms with van der Waals surface area (Å²) in [5.74, 6) is -0.129. The molecule has 3 rings (SSSR count). The summed E-state index contributed by atoms with van der Waals surface area (Å²) < 4.78 is 0. The van der Waals surface area contributed by atoms with Gasteiger partial charge in [-0.1, -0.05) is 0 Å². The highest BCUT2D eigenvalue weighted by Gasteiger charge is 2.22. The second-order valence-corrected chi connectivity index (χ2v) is 5.54. The Labute approximate surface area is 108 Å². The summed E-state index contributed by atoms with van der Waals surface area (Å²) in [6.07, 6.45) is 5.04. The van der Waals surface area contributed by atoms with Crippen LogP contribution in [0.3, 0.4) is 0 Å². The summed E-state index contributed by atoms with van der Waals surface area (Å²) in [6, 6.07) is 0.468. The van der Waals surface area contributed by atoms with Crippen molar-refractivity contribution in [1.29, 1.82) is 0 Å². The van der Waals surface area contributed by atoms with Crippen molar-refractivity contribution >= 4 is 33.3 Å². The Bertz CT molecular complexity index is 619. The summed E-state index contributed by atoms with van der Waals surface area (Å²) in [5.41, 5.74) is 0.755. The van der Waals surface area contributed by atoms with Gasteiger partial charge in [-0.15, -0.1) is 11.3 Å². The summed E-state index contributed by atoms with van der Waals surface area (Å²) in [6.45, 7) is 1.82. The first-order chi connectivity index (χ1) is 8.66. The van der Waals surface area contributed by atoms with Crippen LogP contribution in [0.15, 0.2) is 6.33 Å². The Kier molecular flexibility index (Phi) is 2.66. The second kappa shape index (κ2) is 4.20. The molecule has 0 spiro atoms. The van der Waals surface area contributed by atoms with Crippen molar-refractivity contribution < 1.29 is 9.90 Å². The van der Waals surface area contributed by atoms with Crippen LogP contribution in [0.25, 0.3) is 10.2 Å². The predicted octanol–water partition coefficient (Wildman–Crippen LogP) is 2.66. The summed E-state index contributed by atoms with van der Waals surface area (Å²) in [7, 11) is 0. The summed E-state index contributed by atoms with van der Waals surface area (Å²) in [5, 5.41) is 13.4. The molecule has 0 amide bonds. The molecule has 0 saturated heterocycles. The molecule has 0 atom stereocenters. The van der Waals surface area contributed by atoms with Crippen LogP contribution in [0.2, 0.25) is 0 Å². The summed E-state index contributed by atoms with van der Waals surface area (Å²) >= 11 is 1.21. The van der Waals surface area contributed by atoms with E-state index in [0.717, 1.165) is 34.4 Å². The minimum atomic E-state index is -0.898. The number of nitrogens with one attached hydrogen (secondary N) is 1. The number of aromatic carboxylic acids is 1. The molecule has 2 heterocycles. The Hall–Kier alpha value is -1.69. The fourth-order valence-electron chi connectivity index (χ4n) is 2.13. The lowest BCUT2D eigenvalue weighted by molar-refractivity contribution is 0.0701. The number of carbonyl (C=O) groups is 1. The van der Waals surface area contributed by atoms with Crippen molar-refractivity contribution in [3.63, 3.8) is 0 Å². The molecule has 6 heteroatoms. The highest BCUT2D eigenvalue weighted by atomic mass is 32.1. The number of anilines is 1. The van der Waals surface area contributed by atoms with Crippen molar-refractivity contribution in [3.8, 4) is 0 Å². The molecule has 0 bridgehead atoms. The van der Waals surface area contributed by atoms with Crippen LogP contribution >= 0.6 is 11.3 Å². The topological polar surface area (TPSA) is 75.1 Å². The van der Waals surface area contributed by atoms with Crippen LogP contribution in [0.1, 0.15) is 34.5 Å². The predicted molar refractivity (Wildman–Crippen MR) is 70.4 cm³/mol. The second-order valence-electron chi connectivity index (χ2n) is 4.54. The molecule has 1 saturated carbocycles. The van der Waals surface area contributed by atoms with E-state index in [4.69, 9.17) is 5.11 Å². The first-order valence-corrected chi connectivity index (χ1v) is 6.72. The van der Waals surface area contributed by atoms with Gasteiger partial charge in [0.2, 0.25) is 0 Å². The molecule has 2 aromatic rings. The molecule has 2 aromatic heterocycles. The van der Waals surface area contributed by atoms with Gasteiger partial charge in [0.1, 0.15) is 21.9 Å². The average Bonchev–Trinajstić information content (AvgIpc) is 2.62. The van der Waals surface area contributed by atoms with E-state index in [9.17, 15) is 4.79 Å². The third-order valence-electron chi connectivity index (χ3n) is 3.37. The van der Waals surface area contributed by atoms with Crippen LogP contribution in [0.4, 0.5) is 5.82 Å². The lowest BCUT2D eigenvalue weighted by Gasteiger charge is -2.27. The molecule has 0 radical (unpaired) electrons. The van der Waals surface area contributed by atoms with E-state index in [2.05, 4.69) is 15.3 Å². The van der Waals surface area contributed by atoms with Crippen molar-refractivity contribution in [3.05, 3.63) is 16.8 Å². The standard InChI is InChI=1S/C12H13N3O2S/c1-6-8-10(15-7-3-2-4-7)13-5-14-11(8)18-9(6)12(16)17/h5,7H,2-4H2,1H3,(H,16,17)(H,13,14,15). The molecule has 2 N–H and O–H groups in total. The van der Waals surface area contributed by atoms with Gasteiger partial charge in [-0.2, -0.15) is 0 Å². The zero-order valence-corrected chi connectivity index (χ0v) is 10.8. The Morgan fingerprint density at radius 1 is 1.50 bits per heavy atom. The quantitative estimate of drug-likeness (QED) is 0.890. The smallest absolute Gasteiger partial charge is 0.346 e. The van der Waals surface area contributed by atoms with E-state index in [1.807, 2.05) is 6.92 Å². The van der Waals surface area contributed by atoms with E-state index in [-0.39, 0.29) is 0 Å².